The normalized spacial score (nSPS) is 13.5. The van der Waals surface area contributed by atoms with E-state index < -0.39 is 14.8 Å². The number of benzene rings is 1. The predicted molar refractivity (Wildman–Crippen MR) is 72.8 cm³/mol. The summed E-state index contributed by atoms with van der Waals surface area (Å²) >= 11 is 0. The average molecular weight is 286 g/mol. The highest BCUT2D eigenvalue weighted by atomic mass is 32.2. The smallest absolute Gasteiger partial charge is 0.287 e. The fraction of sp³-hybridized carbons (Fsp3) is 0.500. The molecule has 1 aromatic carbocycles. The molecular formula is C12H18N2O4S. The van der Waals surface area contributed by atoms with E-state index in [2.05, 4.69) is 5.32 Å². The predicted octanol–water partition coefficient (Wildman–Crippen LogP) is 1.61. The Morgan fingerprint density at radius 3 is 2.37 bits per heavy atom. The summed E-state index contributed by atoms with van der Waals surface area (Å²) in [5.74, 6) is -0.0472. The summed E-state index contributed by atoms with van der Waals surface area (Å²) in [4.78, 5) is 9.99. The van der Waals surface area contributed by atoms with Crippen LogP contribution >= 0.6 is 0 Å². The molecule has 0 aromatic heterocycles. The van der Waals surface area contributed by atoms with Crippen LogP contribution in [0.3, 0.4) is 0 Å². The first-order valence-electron chi connectivity index (χ1n) is 5.93. The minimum absolute atomic E-state index is 0.113. The number of sulfone groups is 1. The highest BCUT2D eigenvalue weighted by molar-refractivity contribution is 7.91. The summed E-state index contributed by atoms with van der Waals surface area (Å²) in [5, 5.41) is 13.8. The fourth-order valence-corrected chi connectivity index (χ4v) is 3.76. The third kappa shape index (κ3) is 3.74. The molecule has 0 amide bonds. The van der Waals surface area contributed by atoms with Gasteiger partial charge in [-0.15, -0.1) is 0 Å². The summed E-state index contributed by atoms with van der Waals surface area (Å²) in [6, 6.07) is 5.18. The molecule has 0 bridgehead atoms. The Balaban J connectivity index is 3.17. The molecule has 0 radical (unpaired) electrons. The molecule has 7 heteroatoms. The van der Waals surface area contributed by atoms with Gasteiger partial charge in [-0.1, -0.05) is 26.0 Å². The van der Waals surface area contributed by atoms with E-state index >= 15 is 0 Å². The van der Waals surface area contributed by atoms with Crippen molar-refractivity contribution in [2.24, 2.45) is 5.92 Å². The van der Waals surface area contributed by atoms with Gasteiger partial charge in [0.15, 0.2) is 9.84 Å². The zero-order chi connectivity index (χ0) is 14.6. The Morgan fingerprint density at radius 2 is 1.89 bits per heavy atom. The Hall–Kier alpha value is -1.47. The topological polar surface area (TPSA) is 89.3 Å². The average Bonchev–Trinajstić information content (AvgIpc) is 2.35. The molecule has 1 unspecified atom stereocenters. The van der Waals surface area contributed by atoms with E-state index in [1.807, 2.05) is 13.8 Å². The SMILES string of the molecule is CNC(CS(=O)(=O)c1ccccc1[N+](=O)[O-])C(C)C. The number of hydrogen-bond donors (Lipinski definition) is 1. The Bertz CT molecular complexity index is 555. The highest BCUT2D eigenvalue weighted by Crippen LogP contribution is 2.25. The largest absolute Gasteiger partial charge is 0.316 e. The van der Waals surface area contributed by atoms with Gasteiger partial charge in [-0.25, -0.2) is 8.42 Å². The summed E-state index contributed by atoms with van der Waals surface area (Å²) < 4.78 is 24.6. The summed E-state index contributed by atoms with van der Waals surface area (Å²) in [6.45, 7) is 3.80. The number of rotatable bonds is 6. The monoisotopic (exact) mass is 286 g/mol. The van der Waals surface area contributed by atoms with E-state index in [1.165, 1.54) is 24.3 Å². The molecule has 0 aliphatic carbocycles. The molecule has 0 fully saturated rings. The summed E-state index contributed by atoms with van der Waals surface area (Å²) in [6.07, 6.45) is 0. The number of nitrogens with one attached hydrogen (secondary N) is 1. The zero-order valence-electron chi connectivity index (χ0n) is 11.2. The molecule has 6 nitrogen and oxygen atoms in total. The number of hydrogen-bond acceptors (Lipinski definition) is 5. The van der Waals surface area contributed by atoms with Crippen LogP contribution in [0.1, 0.15) is 13.8 Å². The van der Waals surface area contributed by atoms with Gasteiger partial charge in [-0.3, -0.25) is 10.1 Å². The van der Waals surface area contributed by atoms with Crippen LogP contribution in [-0.2, 0) is 9.84 Å². The van der Waals surface area contributed by atoms with Crippen LogP contribution in [0.4, 0.5) is 5.69 Å². The second kappa shape index (κ2) is 6.12. The molecule has 0 aliphatic heterocycles. The molecule has 1 rings (SSSR count). The maximum Gasteiger partial charge on any atom is 0.287 e. The Kier molecular flexibility index (Phi) is 5.02. The van der Waals surface area contributed by atoms with Crippen LogP contribution in [-0.4, -0.2) is 32.2 Å². The van der Waals surface area contributed by atoms with Crippen LogP contribution in [0.2, 0.25) is 0 Å². The van der Waals surface area contributed by atoms with E-state index in [4.69, 9.17) is 0 Å². The van der Waals surface area contributed by atoms with E-state index in [0.717, 1.165) is 0 Å². The first-order valence-corrected chi connectivity index (χ1v) is 7.58. The standard InChI is InChI=1S/C12H18N2O4S/c1-9(2)10(13-3)8-19(17,18)12-7-5-4-6-11(12)14(15)16/h4-7,9-10,13H,8H2,1-3H3. The molecule has 1 aromatic rings. The van der Waals surface area contributed by atoms with Crippen molar-refractivity contribution in [3.05, 3.63) is 34.4 Å². The molecule has 19 heavy (non-hydrogen) atoms. The van der Waals surface area contributed by atoms with Crippen molar-refractivity contribution in [1.82, 2.24) is 5.32 Å². The van der Waals surface area contributed by atoms with Gasteiger partial charge < -0.3 is 5.32 Å². The maximum absolute atomic E-state index is 12.3. The lowest BCUT2D eigenvalue weighted by Crippen LogP contribution is -2.37. The lowest BCUT2D eigenvalue weighted by Gasteiger charge is -2.19. The van der Waals surface area contributed by atoms with E-state index in [1.54, 1.807) is 7.05 Å². The van der Waals surface area contributed by atoms with E-state index in [9.17, 15) is 18.5 Å². The van der Waals surface area contributed by atoms with Crippen molar-refractivity contribution in [3.8, 4) is 0 Å². The van der Waals surface area contributed by atoms with Gasteiger partial charge in [0.2, 0.25) is 0 Å². The first kappa shape index (κ1) is 15.6. The number of nitro groups is 1. The Labute approximate surface area is 112 Å². The van der Waals surface area contributed by atoms with Crippen LogP contribution < -0.4 is 5.32 Å². The number of para-hydroxylation sites is 1. The van der Waals surface area contributed by atoms with Crippen LogP contribution in [0.15, 0.2) is 29.2 Å². The van der Waals surface area contributed by atoms with E-state index in [0.29, 0.717) is 0 Å². The Morgan fingerprint density at radius 1 is 1.32 bits per heavy atom. The number of nitro benzene ring substituents is 1. The summed E-state index contributed by atoms with van der Waals surface area (Å²) in [7, 11) is -2.02. The van der Waals surface area contributed by atoms with Crippen LogP contribution in [0, 0.1) is 16.0 Å². The van der Waals surface area contributed by atoms with Gasteiger partial charge in [0, 0.05) is 12.1 Å². The minimum Gasteiger partial charge on any atom is -0.316 e. The van der Waals surface area contributed by atoms with Crippen LogP contribution in [0.25, 0.3) is 0 Å². The van der Waals surface area contributed by atoms with Gasteiger partial charge in [0.25, 0.3) is 5.69 Å². The third-order valence-electron chi connectivity index (χ3n) is 2.97. The molecule has 0 saturated carbocycles. The zero-order valence-corrected chi connectivity index (χ0v) is 12.0. The third-order valence-corrected chi connectivity index (χ3v) is 4.78. The lowest BCUT2D eigenvalue weighted by atomic mass is 10.1. The van der Waals surface area contributed by atoms with Crippen molar-refractivity contribution in [2.75, 3.05) is 12.8 Å². The highest BCUT2D eigenvalue weighted by Gasteiger charge is 2.28. The molecular weight excluding hydrogens is 268 g/mol. The van der Waals surface area contributed by atoms with Crippen molar-refractivity contribution in [2.45, 2.75) is 24.8 Å². The van der Waals surface area contributed by atoms with Gasteiger partial charge >= 0.3 is 0 Å². The van der Waals surface area contributed by atoms with Crippen molar-refractivity contribution in [1.29, 1.82) is 0 Å². The minimum atomic E-state index is -3.70. The summed E-state index contributed by atoms with van der Waals surface area (Å²) in [5.41, 5.74) is -0.374. The van der Waals surface area contributed by atoms with Gasteiger partial charge in [-0.2, -0.15) is 0 Å². The second-order valence-electron chi connectivity index (χ2n) is 4.65. The molecule has 0 aliphatic rings. The van der Waals surface area contributed by atoms with Gasteiger partial charge in [0.05, 0.1) is 10.7 Å². The lowest BCUT2D eigenvalue weighted by molar-refractivity contribution is -0.387. The van der Waals surface area contributed by atoms with Crippen molar-refractivity contribution >= 4 is 15.5 Å². The van der Waals surface area contributed by atoms with E-state index in [-0.39, 0.29) is 28.3 Å². The molecule has 106 valence electrons. The number of nitrogens with zero attached hydrogens (tertiary/aromatic N) is 1. The fourth-order valence-electron chi connectivity index (χ4n) is 1.81. The van der Waals surface area contributed by atoms with Crippen molar-refractivity contribution in [3.63, 3.8) is 0 Å². The van der Waals surface area contributed by atoms with Gasteiger partial charge in [-0.05, 0) is 19.0 Å². The quantitative estimate of drug-likeness (QED) is 0.634. The van der Waals surface area contributed by atoms with Crippen molar-refractivity contribution < 1.29 is 13.3 Å². The van der Waals surface area contributed by atoms with Gasteiger partial charge in [0.1, 0.15) is 4.90 Å². The molecule has 0 spiro atoms. The van der Waals surface area contributed by atoms with Crippen LogP contribution in [0.5, 0.6) is 0 Å². The second-order valence-corrected chi connectivity index (χ2v) is 6.65. The first-order chi connectivity index (χ1) is 8.79. The maximum atomic E-state index is 12.3. The molecule has 0 saturated heterocycles. The molecule has 1 atom stereocenters. The molecule has 0 heterocycles. The molecule has 1 N–H and O–H groups in total.